The lowest BCUT2D eigenvalue weighted by Crippen LogP contribution is -2.47. The minimum atomic E-state index is -1.81. The van der Waals surface area contributed by atoms with E-state index >= 15 is 0 Å². The van der Waals surface area contributed by atoms with Crippen molar-refractivity contribution in [2.45, 2.75) is 83.3 Å². The molecule has 0 aromatic carbocycles. The van der Waals surface area contributed by atoms with Crippen molar-refractivity contribution in [3.05, 3.63) is 0 Å². The van der Waals surface area contributed by atoms with Gasteiger partial charge in [-0.3, -0.25) is 0 Å². The summed E-state index contributed by atoms with van der Waals surface area (Å²) in [6.07, 6.45) is 2.40. The lowest BCUT2D eigenvalue weighted by Gasteiger charge is -2.37. The van der Waals surface area contributed by atoms with Crippen molar-refractivity contribution in [1.82, 2.24) is 4.72 Å². The van der Waals surface area contributed by atoms with Crippen LogP contribution in [0.2, 0.25) is 18.1 Å². The van der Waals surface area contributed by atoms with Gasteiger partial charge >= 0.3 is 0 Å². The van der Waals surface area contributed by atoms with Crippen molar-refractivity contribution in [3.8, 4) is 11.8 Å². The lowest BCUT2D eigenvalue weighted by atomic mass is 10.2. The highest BCUT2D eigenvalue weighted by Crippen LogP contribution is 2.36. The number of hydrogen-bond acceptors (Lipinski definition) is 2. The van der Waals surface area contributed by atoms with Crippen LogP contribution in [0.15, 0.2) is 0 Å². The number of nitrogens with one attached hydrogen (secondary N) is 1. The summed E-state index contributed by atoms with van der Waals surface area (Å²) in [6.45, 7) is 17.6. The minimum Gasteiger partial charge on any atom is -0.414 e. The van der Waals surface area contributed by atoms with E-state index in [0.29, 0.717) is 12.5 Å². The smallest absolute Gasteiger partial charge is 0.192 e. The van der Waals surface area contributed by atoms with Gasteiger partial charge in [0.25, 0.3) is 0 Å². The Bertz CT molecular complexity index is 462. The molecule has 1 rings (SSSR count). The van der Waals surface area contributed by atoms with Crippen LogP contribution in [0.3, 0.4) is 0 Å². The molecule has 1 aliphatic rings. The second-order valence-corrected chi connectivity index (χ2v) is 15.5. The van der Waals surface area contributed by atoms with Gasteiger partial charge in [-0.25, -0.2) is 8.93 Å². The fourth-order valence-electron chi connectivity index (χ4n) is 1.37. The molecule has 0 amide bonds. The van der Waals surface area contributed by atoms with Crippen molar-refractivity contribution in [3.63, 3.8) is 0 Å². The van der Waals surface area contributed by atoms with Crippen LogP contribution < -0.4 is 4.72 Å². The topological polar surface area (TPSA) is 38.3 Å². The monoisotopic (exact) mass is 343 g/mol. The maximum atomic E-state index is 12.3. The van der Waals surface area contributed by atoms with E-state index in [1.165, 1.54) is 12.8 Å². The Labute approximate surface area is 140 Å². The Morgan fingerprint density at radius 3 is 2.18 bits per heavy atom. The first-order valence-electron chi connectivity index (χ1n) is 8.16. The Morgan fingerprint density at radius 2 is 1.77 bits per heavy atom. The minimum absolute atomic E-state index is 0.158. The van der Waals surface area contributed by atoms with Crippen LogP contribution in [-0.2, 0) is 15.4 Å². The molecule has 0 radical (unpaired) electrons. The van der Waals surface area contributed by atoms with E-state index in [1.807, 2.05) is 20.8 Å². The molecule has 1 aliphatic carbocycles. The average Bonchev–Trinajstić information content (AvgIpc) is 3.13. The summed E-state index contributed by atoms with van der Waals surface area (Å²) < 4.78 is 21.5. The molecule has 0 spiro atoms. The fraction of sp³-hybridized carbons (Fsp3) is 0.882. The van der Waals surface area contributed by atoms with Crippen molar-refractivity contribution < 1.29 is 8.63 Å². The summed E-state index contributed by atoms with van der Waals surface area (Å²) in [5.41, 5.74) is 0. The highest BCUT2D eigenvalue weighted by Gasteiger charge is 2.37. The zero-order valence-corrected chi connectivity index (χ0v) is 17.3. The first-order valence-corrected chi connectivity index (χ1v) is 12.2. The van der Waals surface area contributed by atoms with E-state index < -0.39 is 19.3 Å². The molecule has 1 saturated carbocycles. The summed E-state index contributed by atoms with van der Waals surface area (Å²) in [6, 6.07) is -0.158. The zero-order chi connectivity index (χ0) is 17.2. The standard InChI is InChI=1S/C17H33NO2SSi/c1-16(2,3)21(19)18-15(12-11-14-9-10-14)13-20-22(7,8)17(4,5)6/h14-15,18H,9-10,13H2,1-8H3/t15-,21-/m0/s1. The van der Waals surface area contributed by atoms with E-state index in [1.54, 1.807) is 0 Å². The fourth-order valence-corrected chi connectivity index (χ4v) is 3.12. The molecule has 0 aliphatic heterocycles. The molecular weight excluding hydrogens is 310 g/mol. The van der Waals surface area contributed by atoms with Gasteiger partial charge in [-0.2, -0.15) is 0 Å². The van der Waals surface area contributed by atoms with E-state index in [0.717, 1.165) is 0 Å². The summed E-state index contributed by atoms with van der Waals surface area (Å²) in [7, 11) is -2.94. The molecule has 2 atom stereocenters. The van der Waals surface area contributed by atoms with Crippen LogP contribution in [0.5, 0.6) is 0 Å². The van der Waals surface area contributed by atoms with Gasteiger partial charge in [-0.15, -0.1) is 0 Å². The maximum Gasteiger partial charge on any atom is 0.192 e. The second kappa shape index (κ2) is 7.17. The molecule has 1 N–H and O–H groups in total. The lowest BCUT2D eigenvalue weighted by molar-refractivity contribution is 0.275. The Hall–Kier alpha value is -0.153. The highest BCUT2D eigenvalue weighted by molar-refractivity contribution is 7.84. The third-order valence-corrected chi connectivity index (χ3v) is 10.4. The molecular formula is C17H33NO2SSi. The van der Waals surface area contributed by atoms with Crippen LogP contribution in [0, 0.1) is 17.8 Å². The highest BCUT2D eigenvalue weighted by atomic mass is 32.2. The number of hydrogen-bond donors (Lipinski definition) is 1. The Balaban J connectivity index is 2.71. The molecule has 1 fully saturated rings. The SMILES string of the molecule is CC(C)(C)[S@](=O)N[C@@H](C#CC1CC1)CO[Si](C)(C)C(C)(C)C. The predicted octanol–water partition coefficient (Wildman–Crippen LogP) is 3.84. The van der Waals surface area contributed by atoms with Crippen LogP contribution in [-0.4, -0.2) is 29.9 Å². The van der Waals surface area contributed by atoms with E-state index in [2.05, 4.69) is 50.4 Å². The van der Waals surface area contributed by atoms with Gasteiger partial charge in [0.15, 0.2) is 8.32 Å². The van der Waals surface area contributed by atoms with Gasteiger partial charge in [0.1, 0.15) is 6.04 Å². The van der Waals surface area contributed by atoms with Gasteiger partial charge in [-0.05, 0) is 51.7 Å². The van der Waals surface area contributed by atoms with Crippen LogP contribution >= 0.6 is 0 Å². The zero-order valence-electron chi connectivity index (χ0n) is 15.5. The van der Waals surface area contributed by atoms with Gasteiger partial charge in [0.05, 0.1) is 22.3 Å². The molecule has 22 heavy (non-hydrogen) atoms. The third-order valence-electron chi connectivity index (χ3n) is 4.26. The normalized spacial score (nSPS) is 19.3. The molecule has 128 valence electrons. The Kier molecular flexibility index (Phi) is 6.48. The summed E-state index contributed by atoms with van der Waals surface area (Å²) in [4.78, 5) is 0. The first kappa shape index (κ1) is 19.9. The Morgan fingerprint density at radius 1 is 1.23 bits per heavy atom. The average molecular weight is 344 g/mol. The molecule has 0 heterocycles. The second-order valence-electron chi connectivity index (χ2n) is 8.69. The molecule has 0 bridgehead atoms. The van der Waals surface area contributed by atoms with E-state index in [4.69, 9.17) is 4.43 Å². The summed E-state index contributed by atoms with van der Waals surface area (Å²) in [5, 5.41) is 0.171. The van der Waals surface area contributed by atoms with Crippen LogP contribution in [0.4, 0.5) is 0 Å². The predicted molar refractivity (Wildman–Crippen MR) is 98.5 cm³/mol. The summed E-state index contributed by atoms with van der Waals surface area (Å²) in [5.74, 6) is 7.07. The first-order chi connectivity index (χ1) is 9.83. The van der Waals surface area contributed by atoms with Crippen LogP contribution in [0.1, 0.15) is 54.4 Å². The molecule has 0 unspecified atom stereocenters. The van der Waals surface area contributed by atoms with Crippen molar-refractivity contribution in [2.24, 2.45) is 5.92 Å². The van der Waals surface area contributed by atoms with Crippen LogP contribution in [0.25, 0.3) is 0 Å². The van der Waals surface area contributed by atoms with Crippen molar-refractivity contribution in [1.29, 1.82) is 0 Å². The van der Waals surface area contributed by atoms with Gasteiger partial charge in [0.2, 0.25) is 0 Å². The molecule has 0 aromatic rings. The summed E-state index contributed by atoms with van der Waals surface area (Å²) >= 11 is 0. The molecule has 3 nitrogen and oxygen atoms in total. The number of rotatable bonds is 5. The largest absolute Gasteiger partial charge is 0.414 e. The third kappa shape index (κ3) is 6.53. The molecule has 0 saturated heterocycles. The van der Waals surface area contributed by atoms with Crippen molar-refractivity contribution in [2.75, 3.05) is 6.61 Å². The molecule has 0 aromatic heterocycles. The van der Waals surface area contributed by atoms with Crippen molar-refractivity contribution >= 4 is 19.3 Å². The van der Waals surface area contributed by atoms with Gasteiger partial charge < -0.3 is 4.43 Å². The van der Waals surface area contributed by atoms with E-state index in [-0.39, 0.29) is 15.8 Å². The van der Waals surface area contributed by atoms with Gasteiger partial charge in [0, 0.05) is 5.92 Å². The molecule has 5 heteroatoms. The quantitative estimate of drug-likeness (QED) is 0.608. The van der Waals surface area contributed by atoms with E-state index in [9.17, 15) is 4.21 Å². The maximum absolute atomic E-state index is 12.3. The van der Waals surface area contributed by atoms with Gasteiger partial charge in [-0.1, -0.05) is 32.6 Å².